The minimum Gasteiger partial charge on any atom is -0.481 e. The summed E-state index contributed by atoms with van der Waals surface area (Å²) in [5.74, 6) is -1.36. The number of ether oxygens (including phenoxy) is 3. The second-order valence-electron chi connectivity index (χ2n) is 6.35. The Morgan fingerprint density at radius 1 is 0.821 bits per heavy atom. The van der Waals surface area contributed by atoms with Crippen molar-refractivity contribution in [2.45, 2.75) is 38.6 Å². The summed E-state index contributed by atoms with van der Waals surface area (Å²) in [4.78, 5) is 22.3. The Morgan fingerprint density at radius 3 is 2.04 bits per heavy atom. The van der Waals surface area contributed by atoms with Gasteiger partial charge in [-0.25, -0.2) is 0 Å². The van der Waals surface area contributed by atoms with Crippen LogP contribution in [0.25, 0.3) is 0 Å². The molecule has 1 unspecified atom stereocenters. The highest BCUT2D eigenvalue weighted by Gasteiger charge is 2.14. The van der Waals surface area contributed by atoms with Crippen molar-refractivity contribution in [3.8, 4) is 0 Å². The van der Waals surface area contributed by atoms with Gasteiger partial charge in [-0.05, 0) is 17.5 Å². The molecule has 2 aromatic carbocycles. The molecule has 1 atom stereocenters. The quantitative estimate of drug-likeness (QED) is 0.530. The number of aliphatic carboxylic acids is 1. The van der Waals surface area contributed by atoms with Gasteiger partial charge in [0.05, 0.1) is 19.8 Å². The molecule has 1 N–H and O–H groups in total. The molecule has 0 aliphatic rings. The van der Waals surface area contributed by atoms with Crippen LogP contribution in [-0.2, 0) is 37.0 Å². The van der Waals surface area contributed by atoms with Crippen molar-refractivity contribution in [1.82, 2.24) is 0 Å². The van der Waals surface area contributed by atoms with E-state index in [2.05, 4.69) is 0 Å². The van der Waals surface area contributed by atoms with E-state index in [1.54, 1.807) is 0 Å². The number of hydrogen-bond donors (Lipinski definition) is 1. The van der Waals surface area contributed by atoms with Gasteiger partial charge in [0.1, 0.15) is 12.7 Å². The zero-order chi connectivity index (χ0) is 20.0. The number of carbonyl (C=O) groups is 2. The van der Waals surface area contributed by atoms with E-state index in [1.807, 2.05) is 60.7 Å². The monoisotopic (exact) mass is 386 g/mol. The largest absolute Gasteiger partial charge is 0.481 e. The molecule has 150 valence electrons. The molecule has 6 heteroatoms. The van der Waals surface area contributed by atoms with E-state index in [1.165, 1.54) is 0 Å². The Balaban J connectivity index is 1.78. The fourth-order valence-electron chi connectivity index (χ4n) is 2.46. The summed E-state index contributed by atoms with van der Waals surface area (Å²) in [6, 6.07) is 19.5. The van der Waals surface area contributed by atoms with E-state index in [0.29, 0.717) is 13.2 Å². The van der Waals surface area contributed by atoms with E-state index in [-0.39, 0.29) is 32.5 Å². The Hall–Kier alpha value is -2.70. The molecular formula is C22H26O6. The third kappa shape index (κ3) is 9.30. The molecule has 0 heterocycles. The van der Waals surface area contributed by atoms with E-state index < -0.39 is 18.0 Å². The van der Waals surface area contributed by atoms with Gasteiger partial charge in [0, 0.05) is 12.8 Å². The third-order valence-electron chi connectivity index (χ3n) is 3.95. The maximum Gasteiger partial charge on any atom is 0.305 e. The van der Waals surface area contributed by atoms with Crippen molar-refractivity contribution in [2.75, 3.05) is 13.2 Å². The molecule has 2 rings (SSSR count). The van der Waals surface area contributed by atoms with Crippen LogP contribution in [-0.4, -0.2) is 36.4 Å². The van der Waals surface area contributed by atoms with Crippen LogP contribution in [0.2, 0.25) is 0 Å². The lowest BCUT2D eigenvalue weighted by atomic mass is 10.2. The lowest BCUT2D eigenvalue weighted by molar-refractivity contribution is -0.150. The van der Waals surface area contributed by atoms with Crippen LogP contribution >= 0.6 is 0 Å². The number of esters is 1. The highest BCUT2D eigenvalue weighted by atomic mass is 16.6. The number of carboxylic acids is 1. The third-order valence-corrected chi connectivity index (χ3v) is 3.95. The summed E-state index contributed by atoms with van der Waals surface area (Å²) >= 11 is 0. The maximum atomic E-state index is 11.8. The van der Waals surface area contributed by atoms with Gasteiger partial charge in [0.15, 0.2) is 0 Å². The highest BCUT2D eigenvalue weighted by molar-refractivity contribution is 5.71. The van der Waals surface area contributed by atoms with Gasteiger partial charge in [-0.2, -0.15) is 0 Å². The zero-order valence-electron chi connectivity index (χ0n) is 15.8. The van der Waals surface area contributed by atoms with Crippen molar-refractivity contribution in [2.24, 2.45) is 0 Å². The van der Waals surface area contributed by atoms with Crippen LogP contribution in [0.15, 0.2) is 60.7 Å². The molecule has 0 saturated heterocycles. The number of carbonyl (C=O) groups excluding carboxylic acids is 1. The molecule has 0 saturated carbocycles. The Labute approximate surface area is 165 Å². The van der Waals surface area contributed by atoms with Crippen LogP contribution in [0.1, 0.15) is 30.4 Å². The summed E-state index contributed by atoms with van der Waals surface area (Å²) in [5, 5.41) is 8.63. The molecule has 0 amide bonds. The average molecular weight is 386 g/mol. The topological polar surface area (TPSA) is 82.1 Å². The van der Waals surface area contributed by atoms with Crippen LogP contribution in [0.5, 0.6) is 0 Å². The van der Waals surface area contributed by atoms with Crippen molar-refractivity contribution in [3.63, 3.8) is 0 Å². The maximum absolute atomic E-state index is 11.8. The number of rotatable bonds is 13. The summed E-state index contributed by atoms with van der Waals surface area (Å²) in [6.07, 6.45) is -0.132. The first-order valence-corrected chi connectivity index (χ1v) is 9.28. The van der Waals surface area contributed by atoms with Crippen molar-refractivity contribution < 1.29 is 28.9 Å². The van der Waals surface area contributed by atoms with Crippen LogP contribution in [0.4, 0.5) is 0 Å². The summed E-state index contributed by atoms with van der Waals surface area (Å²) in [7, 11) is 0. The fraction of sp³-hybridized carbons (Fsp3) is 0.364. The highest BCUT2D eigenvalue weighted by Crippen LogP contribution is 2.08. The van der Waals surface area contributed by atoms with Gasteiger partial charge >= 0.3 is 11.9 Å². The van der Waals surface area contributed by atoms with E-state index in [4.69, 9.17) is 19.3 Å². The Morgan fingerprint density at radius 2 is 1.43 bits per heavy atom. The molecule has 0 aliphatic carbocycles. The van der Waals surface area contributed by atoms with Crippen molar-refractivity contribution >= 4 is 11.9 Å². The molecule has 0 radical (unpaired) electrons. The molecule has 0 bridgehead atoms. The summed E-state index contributed by atoms with van der Waals surface area (Å²) < 4.78 is 16.8. The van der Waals surface area contributed by atoms with Crippen LogP contribution < -0.4 is 0 Å². The van der Waals surface area contributed by atoms with E-state index >= 15 is 0 Å². The Kier molecular flexibility index (Phi) is 9.75. The molecule has 0 aliphatic heterocycles. The average Bonchev–Trinajstić information content (AvgIpc) is 2.71. The molecule has 28 heavy (non-hydrogen) atoms. The van der Waals surface area contributed by atoms with Gasteiger partial charge in [0.2, 0.25) is 0 Å². The first-order chi connectivity index (χ1) is 13.6. The molecule has 0 fully saturated rings. The summed E-state index contributed by atoms with van der Waals surface area (Å²) in [6.45, 7) is 1.17. The first-order valence-electron chi connectivity index (χ1n) is 9.28. The van der Waals surface area contributed by atoms with Crippen LogP contribution in [0.3, 0.4) is 0 Å². The van der Waals surface area contributed by atoms with Gasteiger partial charge < -0.3 is 19.3 Å². The smallest absolute Gasteiger partial charge is 0.305 e. The molecule has 0 spiro atoms. The van der Waals surface area contributed by atoms with Crippen LogP contribution in [0, 0.1) is 0 Å². The van der Waals surface area contributed by atoms with Gasteiger partial charge in [-0.15, -0.1) is 0 Å². The lowest BCUT2D eigenvalue weighted by Gasteiger charge is -2.18. The molecule has 6 nitrogen and oxygen atoms in total. The summed E-state index contributed by atoms with van der Waals surface area (Å²) in [5.41, 5.74) is 2.07. The minimum atomic E-state index is -0.925. The fourth-order valence-corrected chi connectivity index (χ4v) is 2.46. The minimum absolute atomic E-state index is 0.0524. The zero-order valence-corrected chi connectivity index (χ0v) is 15.8. The first kappa shape index (κ1) is 21.6. The normalized spacial score (nSPS) is 11.7. The molecule has 0 aromatic heterocycles. The number of hydrogen-bond acceptors (Lipinski definition) is 5. The number of carboxylic acid groups (broad SMARTS) is 1. The molecular weight excluding hydrogens is 360 g/mol. The SMILES string of the molecule is O=C(O)CCCC(=O)OCC(COCc1ccccc1)OCc1ccccc1. The predicted molar refractivity (Wildman–Crippen MR) is 104 cm³/mol. The predicted octanol–water partition coefficient (Wildman–Crippen LogP) is 3.59. The number of benzene rings is 2. The van der Waals surface area contributed by atoms with Gasteiger partial charge in [-0.1, -0.05) is 60.7 Å². The lowest BCUT2D eigenvalue weighted by Crippen LogP contribution is -2.27. The molecule has 2 aromatic rings. The second-order valence-corrected chi connectivity index (χ2v) is 6.35. The van der Waals surface area contributed by atoms with Crippen molar-refractivity contribution in [3.05, 3.63) is 71.8 Å². The van der Waals surface area contributed by atoms with E-state index in [9.17, 15) is 9.59 Å². The standard InChI is InChI=1S/C22H26O6/c23-21(24)12-7-13-22(25)28-17-20(27-15-19-10-5-2-6-11-19)16-26-14-18-8-3-1-4-9-18/h1-6,8-11,20H,7,12-17H2,(H,23,24). The van der Waals surface area contributed by atoms with E-state index in [0.717, 1.165) is 11.1 Å². The van der Waals surface area contributed by atoms with Gasteiger partial charge in [0.25, 0.3) is 0 Å². The second kappa shape index (κ2) is 12.6. The Bertz CT molecular complexity index is 701. The van der Waals surface area contributed by atoms with Gasteiger partial charge in [-0.3, -0.25) is 9.59 Å². The van der Waals surface area contributed by atoms with Crippen molar-refractivity contribution in [1.29, 1.82) is 0 Å².